The molecule has 0 saturated heterocycles. The number of aryl methyl sites for hydroxylation is 1. The number of rotatable bonds is 6. The summed E-state index contributed by atoms with van der Waals surface area (Å²) in [6.45, 7) is 2.33. The lowest BCUT2D eigenvalue weighted by Gasteiger charge is -2.12. The van der Waals surface area contributed by atoms with Crippen molar-refractivity contribution in [3.8, 4) is 0 Å². The molecular weight excluding hydrogens is 449 g/mol. The molecule has 4 aromatic carbocycles. The van der Waals surface area contributed by atoms with Gasteiger partial charge in [-0.1, -0.05) is 48.5 Å². The van der Waals surface area contributed by atoms with Crippen LogP contribution in [0.5, 0.6) is 0 Å². The van der Waals surface area contributed by atoms with Gasteiger partial charge >= 0.3 is 0 Å². The second-order valence-electron chi connectivity index (χ2n) is 8.30. The van der Waals surface area contributed by atoms with Crippen molar-refractivity contribution in [2.75, 3.05) is 12.4 Å². The second-order valence-corrected chi connectivity index (χ2v) is 10.1. The average molecular weight is 474 g/mol. The van der Waals surface area contributed by atoms with Crippen molar-refractivity contribution in [3.05, 3.63) is 102 Å². The minimum absolute atomic E-state index is 0.237. The normalized spacial score (nSPS) is 11.9. The Kier molecular flexibility index (Phi) is 5.59. The number of aromatic nitrogens is 1. The third kappa shape index (κ3) is 3.83. The van der Waals surface area contributed by atoms with Crippen LogP contribution in [0.1, 0.15) is 11.1 Å². The van der Waals surface area contributed by atoms with E-state index in [2.05, 4.69) is 10.6 Å². The Labute approximate surface area is 197 Å². The fourth-order valence-corrected chi connectivity index (χ4v) is 5.88. The fraction of sp³-hybridized carbons (Fsp3) is 0.111. The molecule has 0 aliphatic heterocycles. The highest BCUT2D eigenvalue weighted by molar-refractivity contribution is 7.90. The third-order valence-electron chi connectivity index (χ3n) is 5.91. The number of halogens is 1. The standard InChI is InChI=1S/C27H24FN3O2S/c1-18-10-13-25(24(28)14-18)30-21-11-12-22-20(16-29-2)17-31(26(22)15-21)34(32,33)27-9-5-7-19-6-3-4-8-23(19)27/h3-15,17,29-30H,16H2,1-2H3. The average Bonchev–Trinajstić information content (AvgIpc) is 3.19. The smallest absolute Gasteiger partial charge is 0.268 e. The van der Waals surface area contributed by atoms with Gasteiger partial charge in [-0.2, -0.15) is 0 Å². The van der Waals surface area contributed by atoms with Gasteiger partial charge in [-0.15, -0.1) is 0 Å². The molecule has 2 N–H and O–H groups in total. The highest BCUT2D eigenvalue weighted by atomic mass is 32.2. The van der Waals surface area contributed by atoms with E-state index in [1.165, 1.54) is 10.0 Å². The van der Waals surface area contributed by atoms with Gasteiger partial charge in [0, 0.05) is 29.2 Å². The van der Waals surface area contributed by atoms with E-state index < -0.39 is 10.0 Å². The van der Waals surface area contributed by atoms with E-state index in [0.717, 1.165) is 21.9 Å². The van der Waals surface area contributed by atoms with Gasteiger partial charge in [-0.3, -0.25) is 0 Å². The van der Waals surface area contributed by atoms with Crippen LogP contribution in [0.3, 0.4) is 0 Å². The number of hydrogen-bond acceptors (Lipinski definition) is 4. The molecule has 7 heteroatoms. The van der Waals surface area contributed by atoms with Crippen molar-refractivity contribution in [1.29, 1.82) is 0 Å². The zero-order valence-electron chi connectivity index (χ0n) is 18.8. The molecule has 1 aromatic heterocycles. The summed E-state index contributed by atoms with van der Waals surface area (Å²) in [6.07, 6.45) is 1.66. The first-order chi connectivity index (χ1) is 16.4. The maximum Gasteiger partial charge on any atom is 0.268 e. The molecule has 5 nitrogen and oxygen atoms in total. The lowest BCUT2D eigenvalue weighted by atomic mass is 10.1. The van der Waals surface area contributed by atoms with Crippen molar-refractivity contribution in [1.82, 2.24) is 9.29 Å². The van der Waals surface area contributed by atoms with E-state index in [1.807, 2.05) is 62.5 Å². The lowest BCUT2D eigenvalue weighted by molar-refractivity contribution is 0.589. The zero-order valence-corrected chi connectivity index (χ0v) is 19.7. The highest BCUT2D eigenvalue weighted by Crippen LogP contribution is 2.32. The van der Waals surface area contributed by atoms with E-state index in [0.29, 0.717) is 28.8 Å². The van der Waals surface area contributed by atoms with E-state index in [4.69, 9.17) is 0 Å². The first-order valence-corrected chi connectivity index (χ1v) is 12.4. The largest absolute Gasteiger partial charge is 0.353 e. The first kappa shape index (κ1) is 22.1. The summed E-state index contributed by atoms with van der Waals surface area (Å²) in [5.74, 6) is -0.366. The van der Waals surface area contributed by atoms with E-state index in [1.54, 1.807) is 30.5 Å². The quantitative estimate of drug-likeness (QED) is 0.320. The van der Waals surface area contributed by atoms with Gasteiger partial charge in [0.2, 0.25) is 0 Å². The summed E-state index contributed by atoms with van der Waals surface area (Å²) >= 11 is 0. The Morgan fingerprint density at radius 1 is 0.912 bits per heavy atom. The van der Waals surface area contributed by atoms with Gasteiger partial charge in [0.05, 0.1) is 16.1 Å². The van der Waals surface area contributed by atoms with Crippen molar-refractivity contribution in [2.45, 2.75) is 18.4 Å². The maximum absolute atomic E-state index is 14.4. The van der Waals surface area contributed by atoms with E-state index in [9.17, 15) is 12.8 Å². The molecule has 5 rings (SSSR count). The maximum atomic E-state index is 14.4. The van der Waals surface area contributed by atoms with Gasteiger partial charge in [0.25, 0.3) is 10.0 Å². The number of nitrogens with one attached hydrogen (secondary N) is 2. The zero-order chi connectivity index (χ0) is 23.9. The Bertz CT molecular complexity index is 1640. The van der Waals surface area contributed by atoms with Crippen LogP contribution >= 0.6 is 0 Å². The monoisotopic (exact) mass is 473 g/mol. The van der Waals surface area contributed by atoms with Crippen LogP contribution in [0.25, 0.3) is 21.7 Å². The van der Waals surface area contributed by atoms with Crippen molar-refractivity contribution < 1.29 is 12.8 Å². The van der Waals surface area contributed by atoms with E-state index >= 15 is 0 Å². The van der Waals surface area contributed by atoms with Crippen LogP contribution in [0, 0.1) is 12.7 Å². The number of nitrogens with zero attached hydrogens (tertiary/aromatic N) is 1. The molecule has 0 bridgehead atoms. The molecule has 5 aromatic rings. The van der Waals surface area contributed by atoms with Gasteiger partial charge in [0.1, 0.15) is 5.82 Å². The minimum Gasteiger partial charge on any atom is -0.353 e. The molecule has 0 spiro atoms. The second kappa shape index (κ2) is 8.59. The van der Waals surface area contributed by atoms with Crippen LogP contribution < -0.4 is 10.6 Å². The van der Waals surface area contributed by atoms with Gasteiger partial charge in [-0.05, 0) is 60.8 Å². The van der Waals surface area contributed by atoms with Crippen LogP contribution in [-0.2, 0) is 16.6 Å². The van der Waals surface area contributed by atoms with Crippen molar-refractivity contribution in [2.24, 2.45) is 0 Å². The Morgan fingerprint density at radius 3 is 2.50 bits per heavy atom. The molecule has 0 unspecified atom stereocenters. The number of hydrogen-bond donors (Lipinski definition) is 2. The topological polar surface area (TPSA) is 63.1 Å². The van der Waals surface area contributed by atoms with Gasteiger partial charge < -0.3 is 10.6 Å². The first-order valence-electron chi connectivity index (χ1n) is 10.9. The van der Waals surface area contributed by atoms with Crippen molar-refractivity contribution >= 4 is 43.1 Å². The van der Waals surface area contributed by atoms with Crippen molar-refractivity contribution in [3.63, 3.8) is 0 Å². The Morgan fingerprint density at radius 2 is 1.71 bits per heavy atom. The Hall–Kier alpha value is -3.68. The predicted octanol–water partition coefficient (Wildman–Crippen LogP) is 5.94. The van der Waals surface area contributed by atoms with Crippen LogP contribution in [-0.4, -0.2) is 19.4 Å². The molecule has 0 amide bonds. The fourth-order valence-electron chi connectivity index (χ4n) is 4.28. The number of benzene rings is 4. The molecule has 0 aliphatic carbocycles. The lowest BCUT2D eigenvalue weighted by Crippen LogP contribution is -2.12. The predicted molar refractivity (Wildman–Crippen MR) is 136 cm³/mol. The highest BCUT2D eigenvalue weighted by Gasteiger charge is 2.23. The minimum atomic E-state index is -3.91. The molecule has 0 fully saturated rings. The molecule has 1 heterocycles. The van der Waals surface area contributed by atoms with Crippen LogP contribution in [0.15, 0.2) is 90.0 Å². The molecule has 0 aliphatic rings. The summed E-state index contributed by atoms with van der Waals surface area (Å²) < 4.78 is 43.6. The number of fused-ring (bicyclic) bond motifs is 2. The van der Waals surface area contributed by atoms with E-state index in [-0.39, 0.29) is 10.7 Å². The van der Waals surface area contributed by atoms with Crippen LogP contribution in [0.4, 0.5) is 15.8 Å². The summed E-state index contributed by atoms with van der Waals surface area (Å²) in [4.78, 5) is 0.237. The number of anilines is 2. The summed E-state index contributed by atoms with van der Waals surface area (Å²) in [7, 11) is -2.09. The molecule has 0 atom stereocenters. The van der Waals surface area contributed by atoms with Gasteiger partial charge in [0.15, 0.2) is 0 Å². The Balaban J connectivity index is 1.68. The molecule has 0 saturated carbocycles. The molecular formula is C27H24FN3O2S. The summed E-state index contributed by atoms with van der Waals surface area (Å²) in [5.41, 5.74) is 3.13. The molecule has 0 radical (unpaired) electrons. The summed E-state index contributed by atoms with van der Waals surface area (Å²) in [5, 5.41) is 8.52. The third-order valence-corrected chi connectivity index (χ3v) is 7.64. The SMILES string of the molecule is CNCc1cn(S(=O)(=O)c2cccc3ccccc23)c2cc(Nc3ccc(C)cc3F)ccc12. The summed E-state index contributed by atoms with van der Waals surface area (Å²) in [6, 6.07) is 23.1. The van der Waals surface area contributed by atoms with Gasteiger partial charge in [-0.25, -0.2) is 16.8 Å². The molecule has 172 valence electrons. The van der Waals surface area contributed by atoms with Crippen LogP contribution in [0.2, 0.25) is 0 Å². The molecule has 34 heavy (non-hydrogen) atoms.